The lowest BCUT2D eigenvalue weighted by molar-refractivity contribution is -0.222. The van der Waals surface area contributed by atoms with Crippen LogP contribution in [0.4, 0.5) is 0 Å². The molecule has 1 saturated heterocycles. The second kappa shape index (κ2) is 4.31. The summed E-state index contributed by atoms with van der Waals surface area (Å²) in [5, 5.41) is 18.9. The Bertz CT molecular complexity index is 563. The van der Waals surface area contributed by atoms with Crippen LogP contribution < -0.4 is 0 Å². The van der Waals surface area contributed by atoms with Gasteiger partial charge in [0.1, 0.15) is 5.57 Å². The Hall–Kier alpha value is -2.50. The Morgan fingerprint density at radius 3 is 2.26 bits per heavy atom. The van der Waals surface area contributed by atoms with E-state index in [4.69, 9.17) is 9.47 Å². The molecule has 0 aliphatic carbocycles. The van der Waals surface area contributed by atoms with E-state index < -0.39 is 23.5 Å². The summed E-state index contributed by atoms with van der Waals surface area (Å²) in [5.41, 5.74) is -0.233. The Morgan fingerprint density at radius 2 is 1.68 bits per heavy atom. The van der Waals surface area contributed by atoms with Crippen LogP contribution in [0.15, 0.2) is 23.8 Å². The molecule has 0 atom stereocenters. The highest BCUT2D eigenvalue weighted by molar-refractivity contribution is 6.19. The molecule has 1 aromatic rings. The molecule has 0 unspecified atom stereocenters. The molecule has 0 aromatic heterocycles. The molecule has 100 valence electrons. The molecule has 1 aromatic carbocycles. The number of para-hydroxylation sites is 1. The maximum absolute atomic E-state index is 11.7. The first-order valence-corrected chi connectivity index (χ1v) is 5.49. The number of benzene rings is 1. The number of cyclic esters (lactones) is 2. The number of ether oxygens (including phenoxy) is 2. The van der Waals surface area contributed by atoms with Gasteiger partial charge in [-0.25, -0.2) is 9.59 Å². The zero-order valence-corrected chi connectivity index (χ0v) is 10.3. The molecule has 6 heteroatoms. The second-order valence-corrected chi connectivity index (χ2v) is 4.45. The maximum Gasteiger partial charge on any atom is 0.348 e. The van der Waals surface area contributed by atoms with Gasteiger partial charge in [0.25, 0.3) is 5.79 Å². The quantitative estimate of drug-likeness (QED) is 0.344. The van der Waals surface area contributed by atoms with Crippen molar-refractivity contribution in [1.29, 1.82) is 0 Å². The summed E-state index contributed by atoms with van der Waals surface area (Å²) in [6.45, 7) is 2.87. The van der Waals surface area contributed by atoms with E-state index in [-0.39, 0.29) is 16.9 Å². The normalized spacial score (nSPS) is 17.7. The number of carbonyl (C=O) groups excluding carboxylic acids is 2. The molecule has 1 aliphatic rings. The lowest BCUT2D eigenvalue weighted by atomic mass is 10.1. The average Bonchev–Trinajstić information content (AvgIpc) is 2.27. The van der Waals surface area contributed by atoms with E-state index in [9.17, 15) is 19.8 Å². The number of hydrogen-bond donors (Lipinski definition) is 2. The Balaban J connectivity index is 2.41. The maximum atomic E-state index is 11.7. The van der Waals surface area contributed by atoms with Crippen molar-refractivity contribution in [1.82, 2.24) is 0 Å². The number of esters is 2. The van der Waals surface area contributed by atoms with E-state index in [1.807, 2.05) is 0 Å². The van der Waals surface area contributed by atoms with Gasteiger partial charge in [0.05, 0.1) is 0 Å². The molecule has 0 amide bonds. The fraction of sp³-hybridized carbons (Fsp3) is 0.231. The number of aromatic hydroxyl groups is 2. The molecule has 0 bridgehead atoms. The Morgan fingerprint density at radius 1 is 1.11 bits per heavy atom. The fourth-order valence-corrected chi connectivity index (χ4v) is 1.60. The van der Waals surface area contributed by atoms with Gasteiger partial charge in [0.2, 0.25) is 0 Å². The van der Waals surface area contributed by atoms with Gasteiger partial charge in [-0.3, -0.25) is 0 Å². The molecule has 2 N–H and O–H groups in total. The van der Waals surface area contributed by atoms with Gasteiger partial charge < -0.3 is 19.7 Å². The van der Waals surface area contributed by atoms with E-state index in [1.165, 1.54) is 32.0 Å². The summed E-state index contributed by atoms with van der Waals surface area (Å²) in [5.74, 6) is -3.78. The van der Waals surface area contributed by atoms with Crippen LogP contribution in [0.2, 0.25) is 0 Å². The number of phenolic OH excluding ortho intramolecular Hbond substituents is 2. The minimum absolute atomic E-state index is 0.114. The minimum atomic E-state index is -1.31. The number of rotatable bonds is 1. The molecule has 19 heavy (non-hydrogen) atoms. The highest BCUT2D eigenvalue weighted by Crippen LogP contribution is 2.31. The predicted octanol–water partition coefficient (Wildman–Crippen LogP) is 1.32. The fourth-order valence-electron chi connectivity index (χ4n) is 1.60. The molecule has 1 aliphatic heterocycles. The monoisotopic (exact) mass is 264 g/mol. The highest BCUT2D eigenvalue weighted by Gasteiger charge is 2.38. The molecule has 0 spiro atoms. The van der Waals surface area contributed by atoms with Crippen LogP contribution in [-0.4, -0.2) is 27.9 Å². The summed E-state index contributed by atoms with van der Waals surface area (Å²) in [7, 11) is 0. The van der Waals surface area contributed by atoms with Crippen LogP contribution in [0.25, 0.3) is 6.08 Å². The van der Waals surface area contributed by atoms with Crippen LogP contribution in [0.1, 0.15) is 19.4 Å². The van der Waals surface area contributed by atoms with Crippen LogP contribution in [0, 0.1) is 0 Å². The van der Waals surface area contributed by atoms with Crippen molar-refractivity contribution in [2.24, 2.45) is 0 Å². The van der Waals surface area contributed by atoms with E-state index in [0.717, 1.165) is 6.08 Å². The van der Waals surface area contributed by atoms with Crippen molar-refractivity contribution < 1.29 is 29.3 Å². The van der Waals surface area contributed by atoms with Gasteiger partial charge in [-0.15, -0.1) is 0 Å². The van der Waals surface area contributed by atoms with Gasteiger partial charge >= 0.3 is 11.9 Å². The third-order valence-electron chi connectivity index (χ3n) is 2.46. The molecular weight excluding hydrogens is 252 g/mol. The molecule has 1 fully saturated rings. The van der Waals surface area contributed by atoms with E-state index >= 15 is 0 Å². The lowest BCUT2D eigenvalue weighted by Gasteiger charge is -2.29. The SMILES string of the molecule is CC1(C)OC(=O)C(=Cc2cccc(O)c2O)C(=O)O1. The summed E-state index contributed by atoms with van der Waals surface area (Å²) in [4.78, 5) is 23.4. The second-order valence-electron chi connectivity index (χ2n) is 4.45. The Kier molecular flexibility index (Phi) is 2.94. The smallest absolute Gasteiger partial charge is 0.348 e. The molecule has 2 rings (SSSR count). The van der Waals surface area contributed by atoms with Crippen molar-refractivity contribution in [2.75, 3.05) is 0 Å². The number of phenols is 2. The summed E-state index contributed by atoms with van der Waals surface area (Å²) >= 11 is 0. The topological polar surface area (TPSA) is 93.1 Å². The van der Waals surface area contributed by atoms with Gasteiger partial charge in [0, 0.05) is 19.4 Å². The van der Waals surface area contributed by atoms with Gasteiger partial charge in [-0.05, 0) is 12.1 Å². The van der Waals surface area contributed by atoms with Crippen LogP contribution in [0.5, 0.6) is 11.5 Å². The number of hydrogen-bond acceptors (Lipinski definition) is 6. The minimum Gasteiger partial charge on any atom is -0.504 e. The van der Waals surface area contributed by atoms with Crippen molar-refractivity contribution in [3.63, 3.8) is 0 Å². The van der Waals surface area contributed by atoms with E-state index in [2.05, 4.69) is 0 Å². The van der Waals surface area contributed by atoms with Crippen LogP contribution in [0.3, 0.4) is 0 Å². The van der Waals surface area contributed by atoms with Crippen LogP contribution in [-0.2, 0) is 19.1 Å². The largest absolute Gasteiger partial charge is 0.504 e. The number of carbonyl (C=O) groups is 2. The van der Waals surface area contributed by atoms with Crippen molar-refractivity contribution >= 4 is 18.0 Å². The first-order valence-electron chi connectivity index (χ1n) is 5.49. The zero-order valence-electron chi connectivity index (χ0n) is 10.3. The first kappa shape index (κ1) is 12.9. The van der Waals surface area contributed by atoms with Crippen molar-refractivity contribution in [3.8, 4) is 11.5 Å². The Labute approximate surface area is 108 Å². The van der Waals surface area contributed by atoms with Crippen molar-refractivity contribution in [2.45, 2.75) is 19.6 Å². The molecule has 6 nitrogen and oxygen atoms in total. The molecular formula is C13H12O6. The summed E-state index contributed by atoms with van der Waals surface area (Å²) in [6, 6.07) is 4.17. The molecule has 0 radical (unpaired) electrons. The van der Waals surface area contributed by atoms with Crippen molar-refractivity contribution in [3.05, 3.63) is 29.3 Å². The lowest BCUT2D eigenvalue weighted by Crippen LogP contribution is -2.41. The third kappa shape index (κ3) is 2.52. The summed E-state index contributed by atoms with van der Waals surface area (Å²) < 4.78 is 9.81. The predicted molar refractivity (Wildman–Crippen MR) is 64.0 cm³/mol. The van der Waals surface area contributed by atoms with Gasteiger partial charge in [-0.2, -0.15) is 0 Å². The van der Waals surface area contributed by atoms with E-state index in [0.29, 0.717) is 0 Å². The standard InChI is InChI=1S/C13H12O6/c1-13(2)18-11(16)8(12(17)19-13)6-7-4-3-5-9(14)10(7)15/h3-6,14-15H,1-2H3. The average molecular weight is 264 g/mol. The summed E-state index contributed by atoms with van der Waals surface area (Å²) in [6.07, 6.45) is 1.11. The zero-order chi connectivity index (χ0) is 14.2. The third-order valence-corrected chi connectivity index (χ3v) is 2.46. The first-order chi connectivity index (χ1) is 8.80. The molecule has 1 heterocycles. The van der Waals surface area contributed by atoms with E-state index in [1.54, 1.807) is 0 Å². The van der Waals surface area contributed by atoms with Gasteiger partial charge in [0.15, 0.2) is 11.5 Å². The molecule has 0 saturated carbocycles. The van der Waals surface area contributed by atoms with Crippen LogP contribution >= 0.6 is 0 Å². The highest BCUT2D eigenvalue weighted by atomic mass is 16.7. The van der Waals surface area contributed by atoms with Gasteiger partial charge in [-0.1, -0.05) is 12.1 Å².